The number of esters is 1. The molecule has 0 saturated carbocycles. The van der Waals surface area contributed by atoms with Crippen LogP contribution in [0.15, 0.2) is 0 Å². The summed E-state index contributed by atoms with van der Waals surface area (Å²) >= 11 is 0. The molecule has 0 heterocycles. The molecule has 0 aromatic carbocycles. The van der Waals surface area contributed by atoms with Crippen LogP contribution in [0.5, 0.6) is 0 Å². The minimum Gasteiger partial charge on any atom is -0.466 e. The highest BCUT2D eigenvalue weighted by atomic mass is 31.1. The van der Waals surface area contributed by atoms with E-state index in [9.17, 15) is 9.36 Å². The van der Waals surface area contributed by atoms with Gasteiger partial charge in [0.05, 0.1) is 19.1 Å². The summed E-state index contributed by atoms with van der Waals surface area (Å²) < 4.78 is 21.5. The first-order chi connectivity index (χ1) is 7.51. The monoisotopic (exact) mass is 250 g/mol. The normalized spacial score (nSPS) is 14.8. The molecule has 0 aromatic heterocycles. The molecule has 0 N–H and O–H groups in total. The summed E-state index contributed by atoms with van der Waals surface area (Å²) in [5.41, 5.74) is 0. The molecule has 2 unspecified atom stereocenters. The molecule has 0 aliphatic carbocycles. The fraction of sp³-hybridized carbons (Fsp3) is 0.909. The van der Waals surface area contributed by atoms with Crippen LogP contribution in [-0.2, 0) is 18.6 Å². The topological polar surface area (TPSA) is 52.6 Å². The zero-order chi connectivity index (χ0) is 12.6. The van der Waals surface area contributed by atoms with Gasteiger partial charge in [-0.1, -0.05) is 13.8 Å². The van der Waals surface area contributed by atoms with E-state index in [1.807, 2.05) is 13.8 Å². The van der Waals surface area contributed by atoms with Crippen LogP contribution < -0.4 is 0 Å². The van der Waals surface area contributed by atoms with E-state index >= 15 is 0 Å². The molecule has 4 nitrogen and oxygen atoms in total. The Balaban J connectivity index is 4.30. The van der Waals surface area contributed by atoms with Crippen LogP contribution in [0.25, 0.3) is 0 Å². The van der Waals surface area contributed by atoms with Gasteiger partial charge in [-0.3, -0.25) is 9.36 Å². The maximum absolute atomic E-state index is 11.6. The molecule has 16 heavy (non-hydrogen) atoms. The molecule has 2 atom stereocenters. The molecular weight excluding hydrogens is 227 g/mol. The Labute approximate surface area is 98.6 Å². The Kier molecular flexibility index (Phi) is 8.58. The van der Waals surface area contributed by atoms with Crippen molar-refractivity contribution in [3.8, 4) is 0 Å². The van der Waals surface area contributed by atoms with Gasteiger partial charge in [0.25, 0.3) is 0 Å². The fourth-order valence-corrected chi connectivity index (χ4v) is 2.69. The van der Waals surface area contributed by atoms with E-state index in [2.05, 4.69) is 0 Å². The van der Waals surface area contributed by atoms with Crippen molar-refractivity contribution in [3.63, 3.8) is 0 Å². The Morgan fingerprint density at radius 2 is 1.88 bits per heavy atom. The lowest BCUT2D eigenvalue weighted by molar-refractivity contribution is -0.147. The molecule has 0 saturated heterocycles. The Morgan fingerprint density at radius 3 is 2.31 bits per heavy atom. The third-order valence-corrected chi connectivity index (χ3v) is 3.53. The molecule has 0 aliphatic heterocycles. The minimum absolute atomic E-state index is 0.255. The fourth-order valence-electron chi connectivity index (χ4n) is 1.51. The molecule has 5 heteroatoms. The predicted octanol–water partition coefficient (Wildman–Crippen LogP) is 2.72. The molecule has 0 spiro atoms. The van der Waals surface area contributed by atoms with Crippen LogP contribution in [0.1, 0.15) is 34.1 Å². The van der Waals surface area contributed by atoms with Crippen molar-refractivity contribution < 1.29 is 18.6 Å². The first-order valence-electron chi connectivity index (χ1n) is 5.83. The van der Waals surface area contributed by atoms with E-state index in [1.54, 1.807) is 13.8 Å². The largest absolute Gasteiger partial charge is 0.466 e. The smallest absolute Gasteiger partial charge is 0.309 e. The first-order valence-corrected chi connectivity index (χ1v) is 7.35. The summed E-state index contributed by atoms with van der Waals surface area (Å²) in [5, 5.41) is 0. The zero-order valence-corrected chi connectivity index (χ0v) is 11.6. The second kappa shape index (κ2) is 8.77. The number of rotatable bonds is 8. The van der Waals surface area contributed by atoms with Gasteiger partial charge in [0.2, 0.25) is 0 Å². The molecular formula is C11H23O4P. The van der Waals surface area contributed by atoms with Crippen LogP contribution in [0.3, 0.4) is 0 Å². The molecule has 0 fully saturated rings. The lowest BCUT2D eigenvalue weighted by Crippen LogP contribution is -2.22. The summed E-state index contributed by atoms with van der Waals surface area (Å²) in [5.74, 6) is -0.169. The maximum atomic E-state index is 11.6. The summed E-state index contributed by atoms with van der Waals surface area (Å²) in [6.07, 6.45) is 0.998. The molecule has 0 aromatic rings. The molecule has 0 amide bonds. The van der Waals surface area contributed by atoms with Crippen LogP contribution in [0, 0.1) is 11.8 Å². The third-order valence-electron chi connectivity index (χ3n) is 2.09. The second-order valence-electron chi connectivity index (χ2n) is 4.09. The van der Waals surface area contributed by atoms with E-state index < -0.39 is 8.03 Å². The van der Waals surface area contributed by atoms with Gasteiger partial charge < -0.3 is 9.26 Å². The highest BCUT2D eigenvalue weighted by Gasteiger charge is 2.23. The number of carbonyl (C=O) groups is 1. The Hall–Kier alpha value is -0.340. The average Bonchev–Trinajstić information content (AvgIpc) is 2.16. The highest BCUT2D eigenvalue weighted by molar-refractivity contribution is 7.39. The van der Waals surface area contributed by atoms with Crippen molar-refractivity contribution in [2.75, 3.05) is 19.4 Å². The van der Waals surface area contributed by atoms with Crippen LogP contribution in [0.2, 0.25) is 0 Å². The molecule has 0 rings (SSSR count). The third kappa shape index (κ3) is 7.02. The van der Waals surface area contributed by atoms with Crippen LogP contribution >= 0.6 is 8.03 Å². The van der Waals surface area contributed by atoms with Crippen molar-refractivity contribution >= 4 is 14.0 Å². The van der Waals surface area contributed by atoms with Gasteiger partial charge in [0.15, 0.2) is 8.03 Å². The number of hydrogen-bond donors (Lipinski definition) is 0. The standard InChI is InChI=1S/C11H23O4P/c1-5-14-11(12)10(7-9(3)4)8-16(13)15-6-2/h9-10,16H,5-8H2,1-4H3. The lowest BCUT2D eigenvalue weighted by atomic mass is 9.99. The van der Waals surface area contributed by atoms with Crippen molar-refractivity contribution in [1.29, 1.82) is 0 Å². The van der Waals surface area contributed by atoms with Crippen molar-refractivity contribution in [2.45, 2.75) is 34.1 Å². The summed E-state index contributed by atoms with van der Waals surface area (Å²) in [6, 6.07) is 0. The lowest BCUT2D eigenvalue weighted by Gasteiger charge is -2.16. The van der Waals surface area contributed by atoms with Gasteiger partial charge in [0, 0.05) is 6.16 Å². The Morgan fingerprint density at radius 1 is 1.25 bits per heavy atom. The molecule has 0 aliphatic rings. The van der Waals surface area contributed by atoms with E-state index in [0.29, 0.717) is 31.7 Å². The van der Waals surface area contributed by atoms with Crippen molar-refractivity contribution in [1.82, 2.24) is 0 Å². The van der Waals surface area contributed by atoms with Gasteiger partial charge >= 0.3 is 5.97 Å². The minimum atomic E-state index is -2.10. The highest BCUT2D eigenvalue weighted by Crippen LogP contribution is 2.29. The van der Waals surface area contributed by atoms with Gasteiger partial charge in [-0.05, 0) is 26.2 Å². The quantitative estimate of drug-likeness (QED) is 0.491. The zero-order valence-electron chi connectivity index (χ0n) is 10.6. The number of carbonyl (C=O) groups excluding carboxylic acids is 1. The van der Waals surface area contributed by atoms with E-state index in [-0.39, 0.29) is 11.9 Å². The predicted molar refractivity (Wildman–Crippen MR) is 65.1 cm³/mol. The van der Waals surface area contributed by atoms with Gasteiger partial charge in [-0.25, -0.2) is 0 Å². The summed E-state index contributed by atoms with van der Waals surface area (Å²) in [6.45, 7) is 8.42. The molecule has 96 valence electrons. The average molecular weight is 250 g/mol. The van der Waals surface area contributed by atoms with E-state index in [0.717, 1.165) is 0 Å². The van der Waals surface area contributed by atoms with Gasteiger partial charge in [-0.2, -0.15) is 0 Å². The van der Waals surface area contributed by atoms with Crippen LogP contribution in [0.4, 0.5) is 0 Å². The summed E-state index contributed by atoms with van der Waals surface area (Å²) in [4.78, 5) is 11.6. The van der Waals surface area contributed by atoms with Crippen molar-refractivity contribution in [2.24, 2.45) is 11.8 Å². The summed E-state index contributed by atoms with van der Waals surface area (Å²) in [7, 11) is -2.10. The number of ether oxygens (including phenoxy) is 1. The molecule has 0 radical (unpaired) electrons. The first kappa shape index (κ1) is 15.7. The molecule has 0 bridgehead atoms. The van der Waals surface area contributed by atoms with Gasteiger partial charge in [-0.15, -0.1) is 0 Å². The Bertz CT molecular complexity index is 228. The SMILES string of the molecule is CCOC(=O)C(CC(C)C)C[PH](=O)OCC. The maximum Gasteiger partial charge on any atom is 0.309 e. The van der Waals surface area contributed by atoms with E-state index in [1.165, 1.54) is 0 Å². The van der Waals surface area contributed by atoms with Crippen molar-refractivity contribution in [3.05, 3.63) is 0 Å². The van der Waals surface area contributed by atoms with Crippen LogP contribution in [-0.4, -0.2) is 25.3 Å². The van der Waals surface area contributed by atoms with E-state index in [4.69, 9.17) is 9.26 Å². The number of hydrogen-bond acceptors (Lipinski definition) is 4. The van der Waals surface area contributed by atoms with Gasteiger partial charge in [0.1, 0.15) is 0 Å². The second-order valence-corrected chi connectivity index (χ2v) is 5.53.